The number of rotatable bonds is 9. The molecule has 2 aromatic carbocycles. The second-order valence-electron chi connectivity index (χ2n) is 7.49. The standard InChI is InChI=1S/C23H32N2O4S/c1-7-21(18-10-13-20(29-5)14-11-18)24-23(26)22(8-2)25(30(6,27)28)19-12-9-16(3)17(4)15-19/h9-15,21-22H,7-8H2,1-6H3,(H,24,26)/t21-,22-/m1/s1. The van der Waals surface area contributed by atoms with E-state index in [1.165, 1.54) is 4.31 Å². The molecule has 30 heavy (non-hydrogen) atoms. The van der Waals surface area contributed by atoms with E-state index in [4.69, 9.17) is 4.74 Å². The molecule has 2 rings (SSSR count). The maximum absolute atomic E-state index is 13.2. The molecule has 0 saturated heterocycles. The number of benzene rings is 2. The molecule has 0 radical (unpaired) electrons. The highest BCUT2D eigenvalue weighted by Crippen LogP contribution is 2.26. The van der Waals surface area contributed by atoms with Gasteiger partial charge in [0.15, 0.2) is 0 Å². The first-order valence-electron chi connectivity index (χ1n) is 10.1. The molecule has 164 valence electrons. The van der Waals surface area contributed by atoms with Gasteiger partial charge >= 0.3 is 0 Å². The van der Waals surface area contributed by atoms with Gasteiger partial charge in [-0.05, 0) is 67.6 Å². The van der Waals surface area contributed by atoms with Gasteiger partial charge in [0.2, 0.25) is 15.9 Å². The Balaban J connectivity index is 2.35. The number of sulfonamides is 1. The summed E-state index contributed by atoms with van der Waals surface area (Å²) in [4.78, 5) is 13.2. The molecular formula is C23H32N2O4S. The van der Waals surface area contributed by atoms with Gasteiger partial charge in [-0.2, -0.15) is 0 Å². The van der Waals surface area contributed by atoms with Crippen molar-refractivity contribution in [2.24, 2.45) is 0 Å². The van der Waals surface area contributed by atoms with E-state index in [0.29, 0.717) is 18.5 Å². The molecule has 0 spiro atoms. The molecule has 2 atom stereocenters. The third-order valence-corrected chi connectivity index (χ3v) is 6.50. The second-order valence-corrected chi connectivity index (χ2v) is 9.35. The van der Waals surface area contributed by atoms with Gasteiger partial charge in [-0.15, -0.1) is 0 Å². The summed E-state index contributed by atoms with van der Waals surface area (Å²) in [7, 11) is -2.06. The monoisotopic (exact) mass is 432 g/mol. The molecule has 0 aliphatic rings. The van der Waals surface area contributed by atoms with Crippen LogP contribution in [0.1, 0.15) is 49.4 Å². The summed E-state index contributed by atoms with van der Waals surface area (Å²) in [6.07, 6.45) is 2.17. The molecule has 0 saturated carbocycles. The third-order valence-electron chi connectivity index (χ3n) is 5.32. The van der Waals surface area contributed by atoms with Crippen molar-refractivity contribution >= 4 is 21.6 Å². The van der Waals surface area contributed by atoms with Crippen LogP contribution in [0.2, 0.25) is 0 Å². The lowest BCUT2D eigenvalue weighted by atomic mass is 10.0. The normalized spacial score (nSPS) is 13.4. The average Bonchev–Trinajstić information content (AvgIpc) is 2.71. The van der Waals surface area contributed by atoms with E-state index in [1.807, 2.05) is 64.1 Å². The minimum atomic E-state index is -3.66. The van der Waals surface area contributed by atoms with Gasteiger partial charge < -0.3 is 10.1 Å². The number of nitrogens with zero attached hydrogens (tertiary/aromatic N) is 1. The molecule has 0 unspecified atom stereocenters. The molecule has 0 bridgehead atoms. The van der Waals surface area contributed by atoms with Crippen LogP contribution in [0.3, 0.4) is 0 Å². The predicted molar refractivity (Wildman–Crippen MR) is 121 cm³/mol. The van der Waals surface area contributed by atoms with Gasteiger partial charge in [0.05, 0.1) is 25.1 Å². The van der Waals surface area contributed by atoms with Crippen LogP contribution in [0.4, 0.5) is 5.69 Å². The third kappa shape index (κ3) is 5.53. The molecule has 7 heteroatoms. The number of carbonyl (C=O) groups excluding carboxylic acids is 1. The van der Waals surface area contributed by atoms with Gasteiger partial charge in [0.1, 0.15) is 11.8 Å². The highest BCUT2D eigenvalue weighted by Gasteiger charge is 2.32. The van der Waals surface area contributed by atoms with Crippen molar-refractivity contribution in [2.75, 3.05) is 17.7 Å². The number of methoxy groups -OCH3 is 1. The van der Waals surface area contributed by atoms with Crippen molar-refractivity contribution in [1.29, 1.82) is 0 Å². The number of aryl methyl sites for hydroxylation is 2. The SMILES string of the molecule is CC[C@H](C(=O)N[C@H](CC)c1ccc(OC)cc1)N(c1ccc(C)c(C)c1)S(C)(=O)=O. The fourth-order valence-electron chi connectivity index (χ4n) is 3.45. The van der Waals surface area contributed by atoms with Gasteiger partial charge in [-0.1, -0.05) is 32.0 Å². The van der Waals surface area contributed by atoms with Crippen LogP contribution in [0.25, 0.3) is 0 Å². The summed E-state index contributed by atoms with van der Waals surface area (Å²) in [5.74, 6) is 0.424. The summed E-state index contributed by atoms with van der Waals surface area (Å²) in [6, 6.07) is 11.9. The summed E-state index contributed by atoms with van der Waals surface area (Å²) in [6.45, 7) is 7.69. The van der Waals surface area contributed by atoms with Crippen LogP contribution in [0.5, 0.6) is 5.75 Å². The number of anilines is 1. The van der Waals surface area contributed by atoms with Crippen molar-refractivity contribution in [1.82, 2.24) is 5.32 Å². The molecule has 0 fully saturated rings. The van der Waals surface area contributed by atoms with E-state index in [1.54, 1.807) is 13.2 Å². The van der Waals surface area contributed by atoms with Crippen molar-refractivity contribution in [3.8, 4) is 5.75 Å². The van der Waals surface area contributed by atoms with Crippen molar-refractivity contribution < 1.29 is 17.9 Å². The minimum Gasteiger partial charge on any atom is -0.497 e. The fraction of sp³-hybridized carbons (Fsp3) is 0.435. The summed E-state index contributed by atoms with van der Waals surface area (Å²) >= 11 is 0. The lowest BCUT2D eigenvalue weighted by molar-refractivity contribution is -0.123. The lowest BCUT2D eigenvalue weighted by Gasteiger charge is -2.32. The average molecular weight is 433 g/mol. The Morgan fingerprint density at radius 3 is 2.13 bits per heavy atom. The Hall–Kier alpha value is -2.54. The predicted octanol–water partition coefficient (Wildman–Crippen LogP) is 4.12. The number of hydrogen-bond donors (Lipinski definition) is 1. The lowest BCUT2D eigenvalue weighted by Crippen LogP contribution is -2.50. The molecular weight excluding hydrogens is 400 g/mol. The van der Waals surface area contributed by atoms with E-state index in [-0.39, 0.29) is 11.9 Å². The Kier molecular flexibility index (Phi) is 7.89. The Labute approximate surface area is 180 Å². The first-order chi connectivity index (χ1) is 14.1. The molecule has 1 amide bonds. The van der Waals surface area contributed by atoms with Gasteiger partial charge in [0.25, 0.3) is 0 Å². The van der Waals surface area contributed by atoms with Crippen LogP contribution in [0.15, 0.2) is 42.5 Å². The van der Waals surface area contributed by atoms with Crippen molar-refractivity contribution in [2.45, 2.75) is 52.6 Å². The molecule has 1 N–H and O–H groups in total. The van der Waals surface area contributed by atoms with Gasteiger partial charge in [-0.25, -0.2) is 8.42 Å². The maximum atomic E-state index is 13.2. The quantitative estimate of drug-likeness (QED) is 0.647. The van der Waals surface area contributed by atoms with Crippen molar-refractivity contribution in [3.63, 3.8) is 0 Å². The smallest absolute Gasteiger partial charge is 0.244 e. The first kappa shape index (κ1) is 23.7. The molecule has 0 aromatic heterocycles. The van der Waals surface area contributed by atoms with Crippen LogP contribution >= 0.6 is 0 Å². The molecule has 0 heterocycles. The van der Waals surface area contributed by atoms with Crippen molar-refractivity contribution in [3.05, 3.63) is 59.2 Å². The Morgan fingerprint density at radius 1 is 1.03 bits per heavy atom. The van der Waals surface area contributed by atoms with Crippen LogP contribution in [-0.4, -0.2) is 33.7 Å². The maximum Gasteiger partial charge on any atom is 0.244 e. The Morgan fingerprint density at radius 2 is 1.67 bits per heavy atom. The number of amides is 1. The molecule has 0 aliphatic heterocycles. The zero-order valence-corrected chi connectivity index (χ0v) is 19.4. The van der Waals surface area contributed by atoms with E-state index >= 15 is 0 Å². The van der Waals surface area contributed by atoms with Gasteiger partial charge in [-0.3, -0.25) is 9.10 Å². The summed E-state index contributed by atoms with van der Waals surface area (Å²) in [5, 5.41) is 3.03. The van der Waals surface area contributed by atoms with Crippen LogP contribution < -0.4 is 14.4 Å². The highest BCUT2D eigenvalue weighted by atomic mass is 32.2. The zero-order chi connectivity index (χ0) is 22.5. The highest BCUT2D eigenvalue weighted by molar-refractivity contribution is 7.92. The minimum absolute atomic E-state index is 0.223. The number of carbonyl (C=O) groups is 1. The van der Waals surface area contributed by atoms with E-state index in [0.717, 1.165) is 28.7 Å². The first-order valence-corrected chi connectivity index (χ1v) is 12.0. The van der Waals surface area contributed by atoms with Crippen LogP contribution in [0, 0.1) is 13.8 Å². The topological polar surface area (TPSA) is 75.7 Å². The molecule has 6 nitrogen and oxygen atoms in total. The number of hydrogen-bond acceptors (Lipinski definition) is 4. The molecule has 2 aromatic rings. The zero-order valence-electron chi connectivity index (χ0n) is 18.6. The van der Waals surface area contributed by atoms with Gasteiger partial charge in [0, 0.05) is 0 Å². The molecule has 0 aliphatic carbocycles. The van der Waals surface area contributed by atoms with E-state index in [2.05, 4.69) is 5.32 Å². The fourth-order valence-corrected chi connectivity index (χ4v) is 4.65. The summed E-state index contributed by atoms with van der Waals surface area (Å²) < 4.78 is 31.7. The van der Waals surface area contributed by atoms with E-state index in [9.17, 15) is 13.2 Å². The largest absolute Gasteiger partial charge is 0.497 e. The second kappa shape index (κ2) is 9.98. The number of ether oxygens (including phenoxy) is 1. The number of nitrogens with one attached hydrogen (secondary N) is 1. The van der Waals surface area contributed by atoms with E-state index < -0.39 is 16.1 Å². The Bertz CT molecular complexity index is 971. The van der Waals surface area contributed by atoms with Crippen LogP contribution in [-0.2, 0) is 14.8 Å². The summed E-state index contributed by atoms with van der Waals surface area (Å²) in [5.41, 5.74) is 3.48.